The number of aliphatic hydroxyl groups is 1. The largest absolute Gasteiger partial charge is 0.460 e. The van der Waals surface area contributed by atoms with E-state index >= 15 is 0 Å². The minimum atomic E-state index is -2.52. The smallest absolute Gasteiger partial charge is 0.333 e. The first kappa shape index (κ1) is 25.7. The Hall–Kier alpha value is -0.299. The first-order chi connectivity index (χ1) is 11.7. The van der Waals surface area contributed by atoms with Crippen molar-refractivity contribution < 1.29 is 27.6 Å². The van der Waals surface area contributed by atoms with E-state index in [1.54, 1.807) is 6.92 Å². The summed E-state index contributed by atoms with van der Waals surface area (Å²) in [5.41, 5.74) is 0.357. The van der Waals surface area contributed by atoms with E-state index < -0.39 is 31.2 Å². The lowest BCUT2D eigenvalue weighted by atomic mass is 10.3. The monoisotopic (exact) mass is 422 g/mol. The van der Waals surface area contributed by atoms with Crippen molar-refractivity contribution in [1.82, 2.24) is 0 Å². The highest BCUT2D eigenvalue weighted by Gasteiger charge is 2.42. The lowest BCUT2D eigenvalue weighted by Gasteiger charge is -2.40. The molecule has 9 heteroatoms. The van der Waals surface area contributed by atoms with Gasteiger partial charge >= 0.3 is 14.5 Å². The normalized spacial score (nSPS) is 14.2. The van der Waals surface area contributed by atoms with Gasteiger partial charge in [0.2, 0.25) is 0 Å². The molecule has 0 aromatic rings. The fraction of sp³-hybridized carbons (Fsp3) is 0.824. The van der Waals surface area contributed by atoms with Crippen LogP contribution in [0, 0.1) is 0 Å². The molecule has 1 atom stereocenters. The summed E-state index contributed by atoms with van der Waals surface area (Å²) < 4.78 is 24.2. The topological polar surface area (TPSA) is 74.2 Å². The molecule has 0 aliphatic rings. The van der Waals surface area contributed by atoms with E-state index in [1.807, 2.05) is 0 Å². The first-order valence-corrected chi connectivity index (χ1v) is 18.5. The van der Waals surface area contributed by atoms with E-state index in [9.17, 15) is 4.79 Å². The molecule has 0 amide bonds. The zero-order chi connectivity index (χ0) is 20.6. The summed E-state index contributed by atoms with van der Waals surface area (Å²) in [6.45, 7) is 20.8. The van der Waals surface area contributed by atoms with Gasteiger partial charge in [-0.1, -0.05) is 6.58 Å². The third-order valence-corrected chi connectivity index (χ3v) is 12.6. The van der Waals surface area contributed by atoms with Gasteiger partial charge in [0.15, 0.2) is 16.6 Å². The van der Waals surface area contributed by atoms with Gasteiger partial charge in [-0.15, -0.1) is 0 Å². The molecule has 0 radical (unpaired) electrons. The molecule has 154 valence electrons. The molecule has 0 heterocycles. The standard InChI is InChI=1S/C17H38O6Si3/c1-15(2)17(19)21-13-16(20-12-10-11-18)14-26(9,22-24(3,4)5)23-25(6,7)8/h16,18H,1,10-14H2,2-9H3. The Bertz CT molecular complexity index is 440. The van der Waals surface area contributed by atoms with Crippen LogP contribution < -0.4 is 0 Å². The minimum Gasteiger partial charge on any atom is -0.460 e. The van der Waals surface area contributed by atoms with Gasteiger partial charge < -0.3 is 22.8 Å². The molecule has 0 aliphatic carbocycles. The van der Waals surface area contributed by atoms with Crippen molar-refractivity contribution >= 4 is 31.2 Å². The van der Waals surface area contributed by atoms with Crippen LogP contribution in [0.15, 0.2) is 12.2 Å². The number of hydrogen-bond donors (Lipinski definition) is 1. The van der Waals surface area contributed by atoms with Crippen LogP contribution >= 0.6 is 0 Å². The van der Waals surface area contributed by atoms with E-state index in [0.717, 1.165) is 0 Å². The van der Waals surface area contributed by atoms with Crippen LogP contribution in [0.3, 0.4) is 0 Å². The van der Waals surface area contributed by atoms with Gasteiger partial charge in [-0.25, -0.2) is 4.79 Å². The van der Waals surface area contributed by atoms with Gasteiger partial charge in [-0.05, 0) is 59.2 Å². The molecule has 0 saturated carbocycles. The van der Waals surface area contributed by atoms with E-state index in [2.05, 4.69) is 52.4 Å². The minimum absolute atomic E-state index is 0.0593. The number of hydrogen-bond acceptors (Lipinski definition) is 6. The maximum Gasteiger partial charge on any atom is 0.333 e. The Kier molecular flexibility index (Phi) is 10.8. The second-order valence-corrected chi connectivity index (χ2v) is 21.5. The highest BCUT2D eigenvalue weighted by Crippen LogP contribution is 2.26. The molecular formula is C17H38O6Si3. The van der Waals surface area contributed by atoms with E-state index in [1.165, 1.54) is 0 Å². The van der Waals surface area contributed by atoms with Crippen molar-refractivity contribution in [3.8, 4) is 0 Å². The molecule has 26 heavy (non-hydrogen) atoms. The number of carbonyl (C=O) groups is 1. The summed E-state index contributed by atoms with van der Waals surface area (Å²) in [6, 6.07) is 0.580. The molecule has 0 bridgehead atoms. The van der Waals surface area contributed by atoms with Crippen molar-refractivity contribution in [3.05, 3.63) is 12.2 Å². The van der Waals surface area contributed by atoms with Gasteiger partial charge in [0.25, 0.3) is 0 Å². The van der Waals surface area contributed by atoms with Gasteiger partial charge in [0.05, 0.1) is 6.10 Å². The van der Waals surface area contributed by atoms with Crippen molar-refractivity contribution in [2.24, 2.45) is 0 Å². The summed E-state index contributed by atoms with van der Waals surface area (Å²) in [4.78, 5) is 11.7. The molecule has 0 aliphatic heterocycles. The zero-order valence-electron chi connectivity index (χ0n) is 17.8. The predicted octanol–water partition coefficient (Wildman–Crippen LogP) is 3.65. The Morgan fingerprint density at radius 2 is 1.54 bits per heavy atom. The van der Waals surface area contributed by atoms with Crippen LogP contribution in [0.1, 0.15) is 13.3 Å². The molecule has 1 unspecified atom stereocenters. The second-order valence-electron chi connectivity index (χ2n) is 8.72. The second kappa shape index (κ2) is 10.9. The van der Waals surface area contributed by atoms with Gasteiger partial charge in [-0.3, -0.25) is 0 Å². The van der Waals surface area contributed by atoms with E-state index in [0.29, 0.717) is 24.6 Å². The Morgan fingerprint density at radius 3 is 1.92 bits per heavy atom. The lowest BCUT2D eigenvalue weighted by molar-refractivity contribution is -0.143. The Labute approximate surface area is 162 Å². The molecule has 6 nitrogen and oxygen atoms in total. The maximum atomic E-state index is 11.7. The number of esters is 1. The third-order valence-electron chi connectivity index (χ3n) is 3.05. The molecular weight excluding hydrogens is 384 g/mol. The molecule has 0 spiro atoms. The fourth-order valence-corrected chi connectivity index (χ4v) is 15.2. The van der Waals surface area contributed by atoms with Crippen LogP contribution in [0.25, 0.3) is 0 Å². The molecule has 1 N–H and O–H groups in total. The fourth-order valence-electron chi connectivity index (χ4n) is 2.59. The SMILES string of the molecule is C=C(C)C(=O)OCC(C[Si](C)(O[Si](C)(C)C)O[Si](C)(C)C)OCCCO. The van der Waals surface area contributed by atoms with Crippen LogP contribution in [-0.2, 0) is 22.5 Å². The predicted molar refractivity (Wildman–Crippen MR) is 113 cm³/mol. The number of ether oxygens (including phenoxy) is 2. The van der Waals surface area contributed by atoms with Crippen molar-refractivity contribution in [3.63, 3.8) is 0 Å². The Morgan fingerprint density at radius 1 is 1.04 bits per heavy atom. The number of aliphatic hydroxyl groups excluding tert-OH is 1. The molecule has 0 saturated heterocycles. The molecule has 0 aromatic carbocycles. The van der Waals surface area contributed by atoms with Crippen LogP contribution in [0.5, 0.6) is 0 Å². The van der Waals surface area contributed by atoms with Crippen molar-refractivity contribution in [2.75, 3.05) is 19.8 Å². The summed E-state index contributed by atoms with van der Waals surface area (Å²) in [7, 11) is -6.16. The summed E-state index contributed by atoms with van der Waals surface area (Å²) in [5, 5.41) is 9.00. The summed E-state index contributed by atoms with van der Waals surface area (Å²) in [6.07, 6.45) is 0.210. The van der Waals surface area contributed by atoms with E-state index in [-0.39, 0.29) is 19.3 Å². The van der Waals surface area contributed by atoms with Crippen LogP contribution in [0.4, 0.5) is 0 Å². The number of rotatable bonds is 13. The van der Waals surface area contributed by atoms with Gasteiger partial charge in [-0.2, -0.15) is 0 Å². The molecule has 0 rings (SSSR count). The third kappa shape index (κ3) is 13.0. The maximum absolute atomic E-state index is 11.7. The first-order valence-electron chi connectivity index (χ1n) is 9.13. The highest BCUT2D eigenvalue weighted by molar-refractivity contribution is 6.87. The van der Waals surface area contributed by atoms with Gasteiger partial charge in [0, 0.05) is 24.8 Å². The average Bonchev–Trinajstić information content (AvgIpc) is 2.39. The van der Waals surface area contributed by atoms with Crippen molar-refractivity contribution in [2.45, 2.75) is 71.3 Å². The van der Waals surface area contributed by atoms with Gasteiger partial charge in [0.1, 0.15) is 6.61 Å². The number of carbonyl (C=O) groups excluding carboxylic acids is 1. The Balaban J connectivity index is 5.23. The highest BCUT2D eigenvalue weighted by atomic mass is 28.5. The van der Waals surface area contributed by atoms with Crippen molar-refractivity contribution in [1.29, 1.82) is 0 Å². The summed E-state index contributed by atoms with van der Waals surface area (Å²) in [5.74, 6) is -0.429. The van der Waals surface area contributed by atoms with Crippen LogP contribution in [-0.4, -0.2) is 62.2 Å². The van der Waals surface area contributed by atoms with E-state index in [4.69, 9.17) is 22.8 Å². The molecule has 0 fully saturated rings. The van der Waals surface area contributed by atoms with Crippen LogP contribution in [0.2, 0.25) is 51.9 Å². The average molecular weight is 423 g/mol. The quantitative estimate of drug-likeness (QED) is 0.211. The molecule has 0 aromatic heterocycles. The summed E-state index contributed by atoms with van der Waals surface area (Å²) >= 11 is 0. The lowest BCUT2D eigenvalue weighted by Crippen LogP contribution is -2.54. The zero-order valence-corrected chi connectivity index (χ0v) is 20.8.